The molecular weight excluding hydrogens is 232 g/mol. The van der Waals surface area contributed by atoms with Crippen LogP contribution in [0.3, 0.4) is 0 Å². The third-order valence-electron chi connectivity index (χ3n) is 3.64. The second-order valence-electron chi connectivity index (χ2n) is 4.79. The molecule has 0 radical (unpaired) electrons. The number of carbonyl (C=O) groups is 1. The fourth-order valence-corrected chi connectivity index (χ4v) is 2.31. The standard InChI is InChI=1S/C12H20N4O2/c1-3-10-14-12(18-15-10)8(2)16-6-4-9(5-7-16)11(13)17/h8-9H,3-7H2,1-2H3,(H2,13,17)/t8-/m1/s1. The van der Waals surface area contributed by atoms with E-state index < -0.39 is 0 Å². The summed E-state index contributed by atoms with van der Waals surface area (Å²) >= 11 is 0. The Morgan fingerprint density at radius 3 is 2.72 bits per heavy atom. The minimum atomic E-state index is -0.187. The van der Waals surface area contributed by atoms with Crippen molar-refractivity contribution in [3.63, 3.8) is 0 Å². The molecule has 6 heteroatoms. The summed E-state index contributed by atoms with van der Waals surface area (Å²) in [6.45, 7) is 5.74. The van der Waals surface area contributed by atoms with Crippen molar-refractivity contribution in [2.24, 2.45) is 11.7 Å². The van der Waals surface area contributed by atoms with Crippen LogP contribution in [-0.2, 0) is 11.2 Å². The average Bonchev–Trinajstić information content (AvgIpc) is 2.86. The van der Waals surface area contributed by atoms with Crippen molar-refractivity contribution in [2.45, 2.75) is 39.2 Å². The molecule has 2 rings (SSSR count). The number of hydrogen-bond donors (Lipinski definition) is 1. The van der Waals surface area contributed by atoms with Crippen LogP contribution < -0.4 is 5.73 Å². The van der Waals surface area contributed by atoms with Crippen molar-refractivity contribution in [3.8, 4) is 0 Å². The first-order valence-corrected chi connectivity index (χ1v) is 6.47. The number of piperidine rings is 1. The highest BCUT2D eigenvalue weighted by molar-refractivity contribution is 5.76. The zero-order valence-corrected chi connectivity index (χ0v) is 10.9. The van der Waals surface area contributed by atoms with Crippen LogP contribution in [0.25, 0.3) is 0 Å². The monoisotopic (exact) mass is 252 g/mol. The molecule has 1 aliphatic heterocycles. The van der Waals surface area contributed by atoms with Gasteiger partial charge in [0.1, 0.15) is 0 Å². The molecule has 1 saturated heterocycles. The van der Waals surface area contributed by atoms with Crippen LogP contribution >= 0.6 is 0 Å². The van der Waals surface area contributed by atoms with E-state index in [1.54, 1.807) is 0 Å². The van der Waals surface area contributed by atoms with Crippen molar-refractivity contribution < 1.29 is 9.32 Å². The molecule has 0 bridgehead atoms. The molecule has 0 aliphatic carbocycles. The lowest BCUT2D eigenvalue weighted by Gasteiger charge is -2.33. The summed E-state index contributed by atoms with van der Waals surface area (Å²) in [4.78, 5) is 17.7. The molecule has 1 aliphatic rings. The van der Waals surface area contributed by atoms with E-state index in [1.165, 1.54) is 0 Å². The maximum atomic E-state index is 11.1. The lowest BCUT2D eigenvalue weighted by molar-refractivity contribution is -0.123. The van der Waals surface area contributed by atoms with Gasteiger partial charge in [-0.05, 0) is 32.9 Å². The summed E-state index contributed by atoms with van der Waals surface area (Å²) in [6, 6.07) is 0.103. The number of nitrogens with zero attached hydrogens (tertiary/aromatic N) is 3. The Hall–Kier alpha value is -1.43. The Balaban J connectivity index is 1.94. The quantitative estimate of drug-likeness (QED) is 0.860. The zero-order chi connectivity index (χ0) is 13.1. The number of carbonyl (C=O) groups excluding carboxylic acids is 1. The van der Waals surface area contributed by atoms with Crippen LogP contribution in [-0.4, -0.2) is 34.0 Å². The van der Waals surface area contributed by atoms with Gasteiger partial charge in [0.2, 0.25) is 11.8 Å². The Morgan fingerprint density at radius 2 is 2.22 bits per heavy atom. The van der Waals surface area contributed by atoms with Crippen LogP contribution in [0.1, 0.15) is 44.4 Å². The van der Waals surface area contributed by atoms with Crippen LogP contribution in [0.5, 0.6) is 0 Å². The minimum absolute atomic E-state index is 0.0161. The molecule has 1 fully saturated rings. The van der Waals surface area contributed by atoms with E-state index in [0.717, 1.165) is 38.2 Å². The summed E-state index contributed by atoms with van der Waals surface area (Å²) in [5.41, 5.74) is 5.32. The smallest absolute Gasteiger partial charge is 0.243 e. The van der Waals surface area contributed by atoms with E-state index in [9.17, 15) is 4.79 Å². The molecule has 1 aromatic rings. The van der Waals surface area contributed by atoms with Crippen LogP contribution in [0.15, 0.2) is 4.52 Å². The van der Waals surface area contributed by atoms with E-state index >= 15 is 0 Å². The summed E-state index contributed by atoms with van der Waals surface area (Å²) in [5, 5.41) is 3.91. The number of primary amides is 1. The van der Waals surface area contributed by atoms with Crippen molar-refractivity contribution in [2.75, 3.05) is 13.1 Å². The molecule has 2 heterocycles. The SMILES string of the molecule is CCc1noc([C@@H](C)N2CCC(C(N)=O)CC2)n1. The largest absolute Gasteiger partial charge is 0.369 e. The Bertz CT molecular complexity index is 410. The van der Waals surface area contributed by atoms with E-state index in [1.807, 2.05) is 6.92 Å². The molecule has 1 aromatic heterocycles. The van der Waals surface area contributed by atoms with E-state index in [0.29, 0.717) is 5.89 Å². The molecule has 0 saturated carbocycles. The Kier molecular flexibility index (Phi) is 3.96. The van der Waals surface area contributed by atoms with E-state index in [-0.39, 0.29) is 17.9 Å². The lowest BCUT2D eigenvalue weighted by Crippen LogP contribution is -2.39. The van der Waals surface area contributed by atoms with Crippen LogP contribution in [0.2, 0.25) is 0 Å². The topological polar surface area (TPSA) is 85.3 Å². The zero-order valence-electron chi connectivity index (χ0n) is 10.9. The molecular formula is C12H20N4O2. The Labute approximate surface area is 107 Å². The maximum absolute atomic E-state index is 11.1. The number of rotatable bonds is 4. The number of aryl methyl sites for hydroxylation is 1. The molecule has 0 spiro atoms. The normalized spacial score (nSPS) is 19.9. The molecule has 18 heavy (non-hydrogen) atoms. The lowest BCUT2D eigenvalue weighted by atomic mass is 9.95. The number of hydrogen-bond acceptors (Lipinski definition) is 5. The van der Waals surface area contributed by atoms with Gasteiger partial charge < -0.3 is 10.3 Å². The highest BCUT2D eigenvalue weighted by atomic mass is 16.5. The maximum Gasteiger partial charge on any atom is 0.243 e. The number of aromatic nitrogens is 2. The molecule has 0 unspecified atom stereocenters. The molecule has 1 amide bonds. The van der Waals surface area contributed by atoms with Gasteiger partial charge in [-0.15, -0.1) is 0 Å². The summed E-state index contributed by atoms with van der Waals surface area (Å²) in [6.07, 6.45) is 2.41. The van der Waals surface area contributed by atoms with Gasteiger partial charge in [-0.25, -0.2) is 0 Å². The van der Waals surface area contributed by atoms with Gasteiger partial charge >= 0.3 is 0 Å². The third-order valence-corrected chi connectivity index (χ3v) is 3.64. The predicted octanol–water partition coefficient (Wildman–Crippen LogP) is 0.890. The fourth-order valence-electron chi connectivity index (χ4n) is 2.31. The number of nitrogens with two attached hydrogens (primary N) is 1. The van der Waals surface area contributed by atoms with Gasteiger partial charge in [0.05, 0.1) is 6.04 Å². The highest BCUT2D eigenvalue weighted by Gasteiger charge is 2.28. The van der Waals surface area contributed by atoms with Crippen LogP contribution in [0.4, 0.5) is 0 Å². The van der Waals surface area contributed by atoms with Gasteiger partial charge in [-0.3, -0.25) is 9.69 Å². The third kappa shape index (κ3) is 2.69. The fraction of sp³-hybridized carbons (Fsp3) is 0.750. The van der Waals surface area contributed by atoms with Gasteiger partial charge in [0.25, 0.3) is 0 Å². The second-order valence-corrected chi connectivity index (χ2v) is 4.79. The molecule has 100 valence electrons. The van der Waals surface area contributed by atoms with Crippen molar-refractivity contribution in [1.82, 2.24) is 15.0 Å². The van der Waals surface area contributed by atoms with Crippen molar-refractivity contribution >= 4 is 5.91 Å². The molecule has 0 aromatic carbocycles. The average molecular weight is 252 g/mol. The predicted molar refractivity (Wildman–Crippen MR) is 65.6 cm³/mol. The number of likely N-dealkylation sites (tertiary alicyclic amines) is 1. The van der Waals surface area contributed by atoms with Gasteiger partial charge in [-0.2, -0.15) is 4.98 Å². The first kappa shape index (κ1) is 13.0. The van der Waals surface area contributed by atoms with Crippen LogP contribution in [0, 0.1) is 5.92 Å². The summed E-state index contributed by atoms with van der Waals surface area (Å²) < 4.78 is 5.25. The van der Waals surface area contributed by atoms with Crippen molar-refractivity contribution in [3.05, 3.63) is 11.7 Å². The second kappa shape index (κ2) is 5.48. The Morgan fingerprint density at radius 1 is 1.56 bits per heavy atom. The number of amides is 1. The first-order valence-electron chi connectivity index (χ1n) is 6.47. The first-order chi connectivity index (χ1) is 8.61. The minimum Gasteiger partial charge on any atom is -0.369 e. The van der Waals surface area contributed by atoms with Gasteiger partial charge in [0, 0.05) is 12.3 Å². The van der Waals surface area contributed by atoms with Crippen molar-refractivity contribution in [1.29, 1.82) is 0 Å². The molecule has 6 nitrogen and oxygen atoms in total. The molecule has 1 atom stereocenters. The highest BCUT2D eigenvalue weighted by Crippen LogP contribution is 2.25. The van der Waals surface area contributed by atoms with Gasteiger partial charge in [0.15, 0.2) is 5.82 Å². The van der Waals surface area contributed by atoms with E-state index in [2.05, 4.69) is 22.0 Å². The van der Waals surface area contributed by atoms with Gasteiger partial charge in [-0.1, -0.05) is 12.1 Å². The summed E-state index contributed by atoms with van der Waals surface area (Å²) in [5.74, 6) is 1.23. The summed E-state index contributed by atoms with van der Waals surface area (Å²) in [7, 11) is 0. The van der Waals surface area contributed by atoms with E-state index in [4.69, 9.17) is 10.3 Å². The molecule has 2 N–H and O–H groups in total.